The predicted octanol–water partition coefficient (Wildman–Crippen LogP) is 2.01. The Kier molecular flexibility index (Phi) is 2.67. The van der Waals surface area contributed by atoms with Crippen LogP contribution in [0.3, 0.4) is 0 Å². The van der Waals surface area contributed by atoms with Gasteiger partial charge in [-0.3, -0.25) is 4.79 Å². The van der Waals surface area contributed by atoms with Crippen LogP contribution in [0.1, 0.15) is 5.69 Å². The second-order valence-corrected chi connectivity index (χ2v) is 3.70. The molecule has 2 aromatic rings. The van der Waals surface area contributed by atoms with Crippen molar-refractivity contribution in [1.29, 1.82) is 0 Å². The monoisotopic (exact) mass is 236 g/mol. The van der Waals surface area contributed by atoms with Crippen molar-refractivity contribution >= 4 is 5.69 Å². The predicted molar refractivity (Wildman–Crippen MR) is 61.1 cm³/mol. The summed E-state index contributed by atoms with van der Waals surface area (Å²) in [5, 5.41) is 0. The quantitative estimate of drug-likeness (QED) is 0.823. The van der Waals surface area contributed by atoms with Crippen LogP contribution in [0.4, 0.5) is 14.5 Å². The van der Waals surface area contributed by atoms with Gasteiger partial charge in [-0.05, 0) is 19.1 Å². The number of halogens is 2. The molecule has 0 atom stereocenters. The van der Waals surface area contributed by atoms with E-state index in [-0.39, 0.29) is 11.1 Å². The molecular weight excluding hydrogens is 226 g/mol. The molecule has 0 amide bonds. The Labute approximate surface area is 96.1 Å². The number of rotatable bonds is 1. The van der Waals surface area contributed by atoms with Crippen molar-refractivity contribution in [2.45, 2.75) is 6.92 Å². The van der Waals surface area contributed by atoms with Crippen LogP contribution in [-0.4, -0.2) is 4.57 Å². The second-order valence-electron chi connectivity index (χ2n) is 3.70. The summed E-state index contributed by atoms with van der Waals surface area (Å²) in [7, 11) is 0. The largest absolute Gasteiger partial charge is 0.394 e. The molecule has 0 aliphatic carbocycles. The van der Waals surface area contributed by atoms with Crippen molar-refractivity contribution in [1.82, 2.24) is 4.57 Å². The molecule has 0 radical (unpaired) electrons. The summed E-state index contributed by atoms with van der Waals surface area (Å²) < 4.78 is 27.4. The van der Waals surface area contributed by atoms with E-state index in [1.54, 1.807) is 6.92 Å². The molecule has 1 aromatic heterocycles. The molecule has 17 heavy (non-hydrogen) atoms. The molecule has 0 fully saturated rings. The number of nitrogens with two attached hydrogens (primary N) is 1. The third-order valence-electron chi connectivity index (χ3n) is 2.45. The van der Waals surface area contributed by atoms with Gasteiger partial charge in [-0.1, -0.05) is 0 Å². The van der Waals surface area contributed by atoms with Crippen molar-refractivity contribution in [2.24, 2.45) is 0 Å². The third kappa shape index (κ3) is 2.04. The molecular formula is C12H10F2N2O. The lowest BCUT2D eigenvalue weighted by Gasteiger charge is -2.11. The molecule has 0 saturated carbocycles. The number of hydrogen-bond donors (Lipinski definition) is 1. The first-order valence-corrected chi connectivity index (χ1v) is 4.93. The number of nitrogen functional groups attached to an aromatic ring is 1. The highest BCUT2D eigenvalue weighted by molar-refractivity contribution is 5.42. The molecule has 0 spiro atoms. The van der Waals surface area contributed by atoms with Crippen LogP contribution < -0.4 is 11.2 Å². The average Bonchev–Trinajstić information content (AvgIpc) is 2.27. The van der Waals surface area contributed by atoms with Gasteiger partial charge in [0.2, 0.25) is 5.43 Å². The van der Waals surface area contributed by atoms with Crippen LogP contribution in [0.5, 0.6) is 0 Å². The van der Waals surface area contributed by atoms with Gasteiger partial charge in [0.25, 0.3) is 0 Å². The number of pyridine rings is 1. The number of anilines is 1. The Morgan fingerprint density at radius 3 is 2.53 bits per heavy atom. The number of aryl methyl sites for hydroxylation is 1. The Morgan fingerprint density at radius 2 is 1.88 bits per heavy atom. The second kappa shape index (κ2) is 4.01. The summed E-state index contributed by atoms with van der Waals surface area (Å²) in [6, 6.07) is 4.83. The average molecular weight is 236 g/mol. The zero-order valence-electron chi connectivity index (χ0n) is 9.08. The molecule has 88 valence electrons. The van der Waals surface area contributed by atoms with E-state index in [1.807, 2.05) is 0 Å². The van der Waals surface area contributed by atoms with Crippen molar-refractivity contribution < 1.29 is 8.78 Å². The Morgan fingerprint density at radius 1 is 1.18 bits per heavy atom. The molecule has 2 rings (SSSR count). The number of nitrogens with zero attached hydrogens (tertiary/aromatic N) is 1. The van der Waals surface area contributed by atoms with E-state index in [9.17, 15) is 13.6 Å². The molecule has 0 saturated heterocycles. The highest BCUT2D eigenvalue weighted by atomic mass is 19.2. The van der Waals surface area contributed by atoms with Crippen LogP contribution in [0.2, 0.25) is 0 Å². The van der Waals surface area contributed by atoms with Crippen LogP contribution in [0.15, 0.2) is 35.3 Å². The van der Waals surface area contributed by atoms with Gasteiger partial charge in [0, 0.05) is 29.7 Å². The molecule has 0 unspecified atom stereocenters. The number of benzene rings is 1. The fraction of sp³-hybridized carbons (Fsp3) is 0.0833. The SMILES string of the molecule is Cc1cc(=O)c(N)cn1-c1ccc(F)c(F)c1. The topological polar surface area (TPSA) is 48.0 Å². The lowest BCUT2D eigenvalue weighted by Crippen LogP contribution is -2.13. The molecule has 1 heterocycles. The van der Waals surface area contributed by atoms with Crippen molar-refractivity contribution in [2.75, 3.05) is 5.73 Å². The number of hydrogen-bond acceptors (Lipinski definition) is 2. The summed E-state index contributed by atoms with van der Waals surface area (Å²) in [6.45, 7) is 1.68. The van der Waals surface area contributed by atoms with E-state index in [0.717, 1.165) is 12.1 Å². The molecule has 1 aromatic carbocycles. The fourth-order valence-corrected chi connectivity index (χ4v) is 1.56. The van der Waals surface area contributed by atoms with Crippen LogP contribution >= 0.6 is 0 Å². The minimum absolute atomic E-state index is 0.0559. The van der Waals surface area contributed by atoms with Gasteiger partial charge < -0.3 is 10.3 Å². The van der Waals surface area contributed by atoms with Gasteiger partial charge >= 0.3 is 0 Å². The highest BCUT2D eigenvalue weighted by Gasteiger charge is 2.06. The fourth-order valence-electron chi connectivity index (χ4n) is 1.56. The minimum atomic E-state index is -0.945. The first-order valence-electron chi connectivity index (χ1n) is 4.93. The molecule has 0 aliphatic heterocycles. The lowest BCUT2D eigenvalue weighted by molar-refractivity contribution is 0.508. The maximum Gasteiger partial charge on any atom is 0.204 e. The highest BCUT2D eigenvalue weighted by Crippen LogP contribution is 2.15. The molecule has 5 heteroatoms. The van der Waals surface area contributed by atoms with Crippen LogP contribution in [0.25, 0.3) is 5.69 Å². The summed E-state index contributed by atoms with van der Waals surface area (Å²) in [6.07, 6.45) is 1.39. The molecule has 0 aliphatic rings. The van der Waals surface area contributed by atoms with E-state index >= 15 is 0 Å². The first kappa shape index (κ1) is 11.3. The Hall–Kier alpha value is -2.17. The molecule has 2 N–H and O–H groups in total. The van der Waals surface area contributed by atoms with Gasteiger partial charge in [0.1, 0.15) is 0 Å². The lowest BCUT2D eigenvalue weighted by atomic mass is 10.2. The zero-order chi connectivity index (χ0) is 12.6. The molecule has 0 bridgehead atoms. The van der Waals surface area contributed by atoms with Crippen molar-refractivity contribution in [3.05, 3.63) is 58.0 Å². The van der Waals surface area contributed by atoms with Crippen LogP contribution in [-0.2, 0) is 0 Å². The summed E-state index contributed by atoms with van der Waals surface area (Å²) >= 11 is 0. The Balaban J connectivity index is 2.64. The van der Waals surface area contributed by atoms with E-state index in [4.69, 9.17) is 5.73 Å². The van der Waals surface area contributed by atoms with Gasteiger partial charge in [-0.2, -0.15) is 0 Å². The van der Waals surface area contributed by atoms with E-state index < -0.39 is 11.6 Å². The normalized spacial score (nSPS) is 10.5. The summed E-state index contributed by atoms with van der Waals surface area (Å²) in [5.74, 6) is -1.86. The van der Waals surface area contributed by atoms with E-state index in [2.05, 4.69) is 0 Å². The van der Waals surface area contributed by atoms with E-state index in [0.29, 0.717) is 11.4 Å². The first-order chi connectivity index (χ1) is 7.99. The van der Waals surface area contributed by atoms with Crippen LogP contribution in [0, 0.1) is 18.6 Å². The number of aromatic nitrogens is 1. The minimum Gasteiger partial charge on any atom is -0.394 e. The van der Waals surface area contributed by atoms with Crippen molar-refractivity contribution in [3.8, 4) is 5.69 Å². The van der Waals surface area contributed by atoms with E-state index in [1.165, 1.54) is 22.9 Å². The summed E-state index contributed by atoms with van der Waals surface area (Å²) in [5.41, 5.74) is 6.26. The maximum absolute atomic E-state index is 13.1. The smallest absolute Gasteiger partial charge is 0.204 e. The summed E-state index contributed by atoms with van der Waals surface area (Å²) in [4.78, 5) is 11.3. The standard InChI is InChI=1S/C12H10F2N2O/c1-7-4-12(17)11(15)6-16(7)8-2-3-9(13)10(14)5-8/h2-6H,15H2,1H3. The van der Waals surface area contributed by atoms with Gasteiger partial charge in [0.05, 0.1) is 5.69 Å². The third-order valence-corrected chi connectivity index (χ3v) is 2.45. The van der Waals surface area contributed by atoms with Gasteiger partial charge in [0.15, 0.2) is 11.6 Å². The zero-order valence-corrected chi connectivity index (χ0v) is 9.08. The molecule has 3 nitrogen and oxygen atoms in total. The van der Waals surface area contributed by atoms with Gasteiger partial charge in [-0.15, -0.1) is 0 Å². The Bertz CT molecular complexity index is 635. The maximum atomic E-state index is 13.1. The van der Waals surface area contributed by atoms with Gasteiger partial charge in [-0.25, -0.2) is 8.78 Å². The van der Waals surface area contributed by atoms with Crippen molar-refractivity contribution in [3.63, 3.8) is 0 Å².